The van der Waals surface area contributed by atoms with Crippen LogP contribution in [-0.2, 0) is 14.9 Å². The molecule has 1 aromatic carbocycles. The summed E-state index contributed by atoms with van der Waals surface area (Å²) in [4.78, 5) is 27.1. The molecule has 0 aromatic heterocycles. The van der Waals surface area contributed by atoms with E-state index < -0.39 is 11.2 Å². The van der Waals surface area contributed by atoms with Crippen molar-refractivity contribution in [1.82, 2.24) is 10.2 Å². The van der Waals surface area contributed by atoms with Crippen LogP contribution in [0.15, 0.2) is 23.8 Å². The minimum absolute atomic E-state index is 0.00845. The molecule has 1 aliphatic carbocycles. The molecule has 0 saturated carbocycles. The van der Waals surface area contributed by atoms with Gasteiger partial charge in [-0.1, -0.05) is 52.5 Å². The van der Waals surface area contributed by atoms with Gasteiger partial charge in [0, 0.05) is 36.1 Å². The molecule has 0 unspecified atom stereocenters. The molecule has 1 aromatic rings. The number of unbranched alkanes of at least 4 members (excludes halogenated alkanes) is 3. The number of rotatable bonds is 8. The molecule has 2 atom stereocenters. The molecule has 1 saturated heterocycles. The zero-order valence-electron chi connectivity index (χ0n) is 25.9. The van der Waals surface area contributed by atoms with Gasteiger partial charge in [-0.25, -0.2) is 4.79 Å². The maximum absolute atomic E-state index is 13.3. The van der Waals surface area contributed by atoms with Crippen molar-refractivity contribution in [2.75, 3.05) is 13.1 Å². The van der Waals surface area contributed by atoms with Gasteiger partial charge in [-0.05, 0) is 77.0 Å². The van der Waals surface area contributed by atoms with Gasteiger partial charge >= 0.3 is 6.09 Å². The maximum Gasteiger partial charge on any atom is 0.410 e. The van der Waals surface area contributed by atoms with Crippen LogP contribution in [0.5, 0.6) is 11.5 Å². The molecule has 2 amide bonds. The topological polar surface area (TPSA) is 88.1 Å². The van der Waals surface area contributed by atoms with E-state index in [0.717, 1.165) is 35.3 Å². The van der Waals surface area contributed by atoms with Gasteiger partial charge in [0.2, 0.25) is 5.91 Å². The van der Waals surface area contributed by atoms with Crippen LogP contribution in [0.3, 0.4) is 0 Å². The lowest BCUT2D eigenvalue weighted by Gasteiger charge is -2.47. The first-order valence-corrected chi connectivity index (χ1v) is 15.2. The number of carbonyl (C=O) groups excluding carboxylic acids is 2. The predicted molar refractivity (Wildman–Crippen MR) is 158 cm³/mol. The van der Waals surface area contributed by atoms with Crippen molar-refractivity contribution in [2.45, 2.75) is 129 Å². The third-order valence-electron chi connectivity index (χ3n) is 8.90. The number of fused-ring (bicyclic) bond motifs is 3. The zero-order chi connectivity index (χ0) is 29.5. The Morgan fingerprint density at radius 1 is 1.12 bits per heavy atom. The number of aromatic hydroxyl groups is 1. The largest absolute Gasteiger partial charge is 0.508 e. The van der Waals surface area contributed by atoms with Crippen molar-refractivity contribution in [1.29, 1.82) is 0 Å². The highest BCUT2D eigenvalue weighted by atomic mass is 16.6. The van der Waals surface area contributed by atoms with Gasteiger partial charge in [-0.15, -0.1) is 0 Å². The lowest BCUT2D eigenvalue weighted by atomic mass is 9.66. The van der Waals surface area contributed by atoms with E-state index in [0.29, 0.717) is 25.9 Å². The molecule has 0 radical (unpaired) electrons. The van der Waals surface area contributed by atoms with E-state index in [1.54, 1.807) is 4.90 Å². The van der Waals surface area contributed by atoms with Crippen LogP contribution in [-0.4, -0.2) is 52.3 Å². The lowest BCUT2D eigenvalue weighted by molar-refractivity contribution is -0.119. The first kappa shape index (κ1) is 30.3. The van der Waals surface area contributed by atoms with Crippen molar-refractivity contribution in [3.8, 4) is 11.5 Å². The van der Waals surface area contributed by atoms with E-state index in [1.807, 2.05) is 32.9 Å². The maximum atomic E-state index is 13.3. The molecular weight excluding hydrogens is 504 g/mol. The van der Waals surface area contributed by atoms with Crippen molar-refractivity contribution < 1.29 is 24.2 Å². The van der Waals surface area contributed by atoms with Crippen molar-refractivity contribution in [3.05, 3.63) is 34.9 Å². The first-order valence-electron chi connectivity index (χ1n) is 15.2. The van der Waals surface area contributed by atoms with E-state index in [9.17, 15) is 14.7 Å². The normalized spacial score (nSPS) is 22.3. The Balaban J connectivity index is 1.46. The number of hydrogen-bond acceptors (Lipinski definition) is 5. The molecule has 222 valence electrons. The Morgan fingerprint density at radius 3 is 2.48 bits per heavy atom. The van der Waals surface area contributed by atoms with Crippen LogP contribution in [0.2, 0.25) is 0 Å². The molecule has 7 nitrogen and oxygen atoms in total. The molecule has 0 spiro atoms. The lowest BCUT2D eigenvalue weighted by Crippen LogP contribution is -2.61. The zero-order valence-corrected chi connectivity index (χ0v) is 25.9. The van der Waals surface area contributed by atoms with Gasteiger partial charge in [0.25, 0.3) is 0 Å². The number of amides is 2. The number of likely N-dealkylation sites (tertiary alicyclic amines) is 1. The van der Waals surface area contributed by atoms with Crippen LogP contribution < -0.4 is 10.1 Å². The van der Waals surface area contributed by atoms with Crippen LogP contribution >= 0.6 is 0 Å². The number of allylic oxidation sites excluding steroid dienone is 1. The average molecular weight is 555 g/mol. The van der Waals surface area contributed by atoms with E-state index in [1.165, 1.54) is 19.3 Å². The van der Waals surface area contributed by atoms with Crippen LogP contribution in [0, 0.1) is 5.92 Å². The number of hydrogen-bond donors (Lipinski definition) is 2. The molecule has 1 fully saturated rings. The fourth-order valence-corrected chi connectivity index (χ4v) is 6.43. The van der Waals surface area contributed by atoms with Crippen LogP contribution in [0.1, 0.15) is 117 Å². The molecule has 2 N–H and O–H groups in total. The fraction of sp³-hybridized carbons (Fsp3) is 0.697. The summed E-state index contributed by atoms with van der Waals surface area (Å²) < 4.78 is 12.0. The molecule has 2 heterocycles. The number of nitrogens with one attached hydrogen (secondary N) is 1. The second-order valence-corrected chi connectivity index (χ2v) is 14.2. The Hall–Kier alpha value is -2.70. The molecule has 40 heavy (non-hydrogen) atoms. The third-order valence-corrected chi connectivity index (χ3v) is 8.90. The number of phenolic OH excluding ortho intramolecular Hbond substituents is 1. The quantitative estimate of drug-likeness (QED) is 0.339. The second kappa shape index (κ2) is 11.3. The van der Waals surface area contributed by atoms with Crippen LogP contribution in [0.25, 0.3) is 0 Å². The van der Waals surface area contributed by atoms with E-state index in [-0.39, 0.29) is 41.0 Å². The van der Waals surface area contributed by atoms with Crippen LogP contribution in [0.4, 0.5) is 4.79 Å². The third kappa shape index (κ3) is 6.60. The number of ether oxygens (including phenoxy) is 2. The van der Waals surface area contributed by atoms with Gasteiger partial charge in [0.1, 0.15) is 22.7 Å². The Kier molecular flexibility index (Phi) is 8.54. The van der Waals surface area contributed by atoms with Gasteiger partial charge in [-0.3, -0.25) is 4.79 Å². The summed E-state index contributed by atoms with van der Waals surface area (Å²) in [6.07, 6.45) is 8.84. The van der Waals surface area contributed by atoms with Crippen molar-refractivity contribution in [3.63, 3.8) is 0 Å². The molecule has 2 aliphatic heterocycles. The van der Waals surface area contributed by atoms with Crippen molar-refractivity contribution in [2.24, 2.45) is 5.92 Å². The number of carbonyl (C=O) groups is 2. The van der Waals surface area contributed by atoms with Gasteiger partial charge in [0.05, 0.1) is 6.04 Å². The standard InChI is InChI=1S/C33H50N2O5/c1-9-10-11-12-15-32(5,6)22-17-26(36)28-24-16-21(13-14-25(24)33(7,8)39-27(28)18-22)29(37)34-23-19-35(20-23)30(38)40-31(2,3)4/h13,17-18,23-25,36H,9-12,14-16,19-20H2,1-8H3,(H,34,37)/t24-,25-/m1/s1. The highest BCUT2D eigenvalue weighted by molar-refractivity contribution is 5.94. The van der Waals surface area contributed by atoms with Gasteiger partial charge < -0.3 is 24.8 Å². The molecule has 4 rings (SSSR count). The second-order valence-electron chi connectivity index (χ2n) is 14.2. The monoisotopic (exact) mass is 554 g/mol. The average Bonchev–Trinajstić information content (AvgIpc) is 2.81. The van der Waals surface area contributed by atoms with E-state index >= 15 is 0 Å². The summed E-state index contributed by atoms with van der Waals surface area (Å²) in [5, 5.41) is 14.4. The van der Waals surface area contributed by atoms with Crippen molar-refractivity contribution >= 4 is 12.0 Å². The molecule has 7 heteroatoms. The highest BCUT2D eigenvalue weighted by Crippen LogP contribution is 2.55. The Morgan fingerprint density at radius 2 is 1.82 bits per heavy atom. The summed E-state index contributed by atoms with van der Waals surface area (Å²) in [5.41, 5.74) is 1.62. The number of phenols is 1. The van der Waals surface area contributed by atoms with E-state index in [2.05, 4.69) is 46.0 Å². The first-order chi connectivity index (χ1) is 18.6. The highest BCUT2D eigenvalue weighted by Gasteiger charge is 2.47. The summed E-state index contributed by atoms with van der Waals surface area (Å²) in [7, 11) is 0. The smallest absolute Gasteiger partial charge is 0.410 e. The number of benzene rings is 1. The summed E-state index contributed by atoms with van der Waals surface area (Å²) in [6.45, 7) is 17.4. The Labute approximate surface area is 240 Å². The Bertz CT molecular complexity index is 1140. The summed E-state index contributed by atoms with van der Waals surface area (Å²) in [6, 6.07) is 3.96. The van der Waals surface area contributed by atoms with Gasteiger partial charge in [0.15, 0.2) is 0 Å². The fourth-order valence-electron chi connectivity index (χ4n) is 6.43. The molecular formula is C33H50N2O5. The number of nitrogens with zero attached hydrogens (tertiary/aromatic N) is 1. The van der Waals surface area contributed by atoms with Gasteiger partial charge in [-0.2, -0.15) is 0 Å². The minimum atomic E-state index is -0.542. The minimum Gasteiger partial charge on any atom is -0.508 e. The molecule has 0 bridgehead atoms. The van der Waals surface area contributed by atoms with E-state index in [4.69, 9.17) is 9.47 Å². The molecule has 3 aliphatic rings. The predicted octanol–water partition coefficient (Wildman–Crippen LogP) is 6.97. The summed E-state index contributed by atoms with van der Waals surface area (Å²) >= 11 is 0. The SMILES string of the molecule is CCCCCCC(C)(C)c1cc(O)c2c(c1)OC(C)(C)[C@@H]1CC=C(C(=O)NC3CN(C(=O)OC(C)(C)C)C3)C[C@@H]21. The summed E-state index contributed by atoms with van der Waals surface area (Å²) in [5.74, 6) is 1.07.